The molecule has 1 amide bonds. The number of hydrogen-bond acceptors (Lipinski definition) is 3. The van der Waals surface area contributed by atoms with Gasteiger partial charge in [-0.3, -0.25) is 4.79 Å². The summed E-state index contributed by atoms with van der Waals surface area (Å²) in [5, 5.41) is 5.50. The predicted molar refractivity (Wildman–Crippen MR) is 81.3 cm³/mol. The summed E-state index contributed by atoms with van der Waals surface area (Å²) in [6.07, 6.45) is 0. The van der Waals surface area contributed by atoms with Gasteiger partial charge in [0.25, 0.3) is 0 Å². The quantitative estimate of drug-likeness (QED) is 0.888. The Bertz CT molecular complexity index is 644. The lowest BCUT2D eigenvalue weighted by Crippen LogP contribution is -2.22. The van der Waals surface area contributed by atoms with E-state index in [1.807, 2.05) is 19.1 Å². The molecule has 110 valence electrons. The van der Waals surface area contributed by atoms with Gasteiger partial charge in [0.2, 0.25) is 5.91 Å². The van der Waals surface area contributed by atoms with Crippen LogP contribution in [0.2, 0.25) is 0 Å². The van der Waals surface area contributed by atoms with Crippen LogP contribution in [0.15, 0.2) is 42.5 Å². The summed E-state index contributed by atoms with van der Waals surface area (Å²) in [4.78, 5) is 11.9. The highest BCUT2D eigenvalue weighted by Crippen LogP contribution is 2.25. The van der Waals surface area contributed by atoms with Crippen LogP contribution in [0.5, 0.6) is 5.75 Å². The minimum absolute atomic E-state index is 0.0297. The Hall–Kier alpha value is -2.56. The van der Waals surface area contributed by atoms with Gasteiger partial charge in [-0.1, -0.05) is 18.2 Å². The first-order chi connectivity index (χ1) is 10.1. The van der Waals surface area contributed by atoms with Crippen molar-refractivity contribution in [2.45, 2.75) is 6.92 Å². The Kier molecular flexibility index (Phi) is 4.77. The Morgan fingerprint density at radius 1 is 1.19 bits per heavy atom. The van der Waals surface area contributed by atoms with Crippen molar-refractivity contribution in [1.29, 1.82) is 0 Å². The molecule has 0 aromatic heterocycles. The van der Waals surface area contributed by atoms with Crippen LogP contribution in [-0.4, -0.2) is 19.6 Å². The molecule has 2 rings (SSSR count). The maximum atomic E-state index is 13.4. The van der Waals surface area contributed by atoms with Crippen LogP contribution < -0.4 is 15.4 Å². The third-order valence-corrected chi connectivity index (χ3v) is 2.94. The lowest BCUT2D eigenvalue weighted by atomic mass is 10.2. The van der Waals surface area contributed by atoms with Gasteiger partial charge in [0.05, 0.1) is 25.0 Å². The van der Waals surface area contributed by atoms with Crippen molar-refractivity contribution in [3.63, 3.8) is 0 Å². The fraction of sp³-hybridized carbons (Fsp3) is 0.188. The largest absolute Gasteiger partial charge is 0.495 e. The van der Waals surface area contributed by atoms with Crippen molar-refractivity contribution in [2.75, 3.05) is 24.3 Å². The van der Waals surface area contributed by atoms with Crippen LogP contribution in [-0.2, 0) is 4.79 Å². The molecule has 0 radical (unpaired) electrons. The molecular formula is C16H17FN2O2. The summed E-state index contributed by atoms with van der Waals surface area (Å²) in [6, 6.07) is 11.7. The van der Waals surface area contributed by atoms with Crippen LogP contribution >= 0.6 is 0 Å². The molecule has 0 aliphatic heterocycles. The van der Waals surface area contributed by atoms with Gasteiger partial charge >= 0.3 is 0 Å². The number of carbonyl (C=O) groups excluding carboxylic acids is 1. The van der Waals surface area contributed by atoms with Gasteiger partial charge in [-0.2, -0.15) is 0 Å². The van der Waals surface area contributed by atoms with E-state index in [2.05, 4.69) is 10.6 Å². The Morgan fingerprint density at radius 3 is 2.67 bits per heavy atom. The number of anilines is 2. The third kappa shape index (κ3) is 3.95. The average molecular weight is 288 g/mol. The van der Waals surface area contributed by atoms with Gasteiger partial charge in [-0.25, -0.2) is 4.39 Å². The number of halogens is 1. The van der Waals surface area contributed by atoms with E-state index in [1.54, 1.807) is 24.3 Å². The topological polar surface area (TPSA) is 50.4 Å². The molecule has 0 heterocycles. The Labute approximate surface area is 122 Å². The van der Waals surface area contributed by atoms with E-state index < -0.39 is 5.82 Å². The molecule has 0 aliphatic carbocycles. The number of para-hydroxylation sites is 1. The predicted octanol–water partition coefficient (Wildman–Crippen LogP) is 3.19. The van der Waals surface area contributed by atoms with E-state index in [9.17, 15) is 9.18 Å². The second kappa shape index (κ2) is 6.74. The van der Waals surface area contributed by atoms with Crippen molar-refractivity contribution in [1.82, 2.24) is 0 Å². The SMILES string of the molecule is COc1ccc(C)cc1NC(=O)CNc1ccccc1F. The molecule has 0 fully saturated rings. The molecule has 0 bridgehead atoms. The van der Waals surface area contributed by atoms with Crippen molar-refractivity contribution in [2.24, 2.45) is 0 Å². The first kappa shape index (κ1) is 14.8. The molecule has 2 N–H and O–H groups in total. The molecular weight excluding hydrogens is 271 g/mol. The summed E-state index contributed by atoms with van der Waals surface area (Å²) in [6.45, 7) is 1.89. The lowest BCUT2D eigenvalue weighted by Gasteiger charge is -2.12. The minimum Gasteiger partial charge on any atom is -0.495 e. The van der Waals surface area contributed by atoms with E-state index in [-0.39, 0.29) is 12.5 Å². The van der Waals surface area contributed by atoms with Gasteiger partial charge in [0, 0.05) is 0 Å². The molecule has 0 unspecified atom stereocenters. The molecule has 0 saturated carbocycles. The number of aryl methyl sites for hydroxylation is 1. The van der Waals surface area contributed by atoms with Crippen LogP contribution in [0.1, 0.15) is 5.56 Å². The summed E-state index contributed by atoms with van der Waals surface area (Å²) in [7, 11) is 1.54. The van der Waals surface area contributed by atoms with E-state index in [0.717, 1.165) is 5.56 Å². The van der Waals surface area contributed by atoms with Gasteiger partial charge in [0.1, 0.15) is 11.6 Å². The molecule has 4 nitrogen and oxygen atoms in total. The van der Waals surface area contributed by atoms with Crippen LogP contribution in [0, 0.1) is 12.7 Å². The van der Waals surface area contributed by atoms with Gasteiger partial charge < -0.3 is 15.4 Å². The molecule has 0 saturated heterocycles. The highest BCUT2D eigenvalue weighted by atomic mass is 19.1. The minimum atomic E-state index is -0.390. The first-order valence-electron chi connectivity index (χ1n) is 6.53. The number of hydrogen-bond donors (Lipinski definition) is 2. The van der Waals surface area contributed by atoms with Gasteiger partial charge in [0.15, 0.2) is 0 Å². The van der Waals surface area contributed by atoms with Crippen molar-refractivity contribution >= 4 is 17.3 Å². The lowest BCUT2D eigenvalue weighted by molar-refractivity contribution is -0.114. The molecule has 0 spiro atoms. The number of rotatable bonds is 5. The van der Waals surface area contributed by atoms with Crippen molar-refractivity contribution in [3.8, 4) is 5.75 Å². The standard InChI is InChI=1S/C16H17FN2O2/c1-11-7-8-15(21-2)14(9-11)19-16(20)10-18-13-6-4-3-5-12(13)17/h3-9,18H,10H2,1-2H3,(H,19,20). The third-order valence-electron chi connectivity index (χ3n) is 2.94. The maximum Gasteiger partial charge on any atom is 0.243 e. The molecule has 5 heteroatoms. The number of carbonyl (C=O) groups is 1. The van der Waals surface area contributed by atoms with E-state index >= 15 is 0 Å². The molecule has 2 aromatic carbocycles. The number of ether oxygens (including phenoxy) is 1. The maximum absolute atomic E-state index is 13.4. The fourth-order valence-corrected chi connectivity index (χ4v) is 1.89. The smallest absolute Gasteiger partial charge is 0.243 e. The summed E-state index contributed by atoms with van der Waals surface area (Å²) in [5.41, 5.74) is 1.90. The second-order valence-corrected chi connectivity index (χ2v) is 4.59. The Morgan fingerprint density at radius 2 is 1.95 bits per heavy atom. The molecule has 2 aromatic rings. The number of methoxy groups -OCH3 is 1. The zero-order chi connectivity index (χ0) is 15.2. The van der Waals surface area contributed by atoms with Crippen molar-refractivity contribution < 1.29 is 13.9 Å². The normalized spacial score (nSPS) is 10.0. The number of benzene rings is 2. The van der Waals surface area contributed by atoms with E-state index in [1.165, 1.54) is 13.2 Å². The van der Waals surface area contributed by atoms with Gasteiger partial charge in [-0.05, 0) is 36.8 Å². The monoisotopic (exact) mass is 288 g/mol. The highest BCUT2D eigenvalue weighted by molar-refractivity contribution is 5.95. The zero-order valence-electron chi connectivity index (χ0n) is 11.9. The van der Waals surface area contributed by atoms with Crippen LogP contribution in [0.25, 0.3) is 0 Å². The Balaban J connectivity index is 1.99. The first-order valence-corrected chi connectivity index (χ1v) is 6.53. The van der Waals surface area contributed by atoms with E-state index in [0.29, 0.717) is 17.1 Å². The molecule has 0 aliphatic rings. The van der Waals surface area contributed by atoms with Crippen molar-refractivity contribution in [3.05, 3.63) is 53.8 Å². The fourth-order valence-electron chi connectivity index (χ4n) is 1.89. The summed E-state index contributed by atoms with van der Waals surface area (Å²) >= 11 is 0. The summed E-state index contributed by atoms with van der Waals surface area (Å²) in [5.74, 6) is -0.0829. The van der Waals surface area contributed by atoms with Gasteiger partial charge in [-0.15, -0.1) is 0 Å². The number of amides is 1. The van der Waals surface area contributed by atoms with Crippen LogP contribution in [0.3, 0.4) is 0 Å². The number of nitrogens with one attached hydrogen (secondary N) is 2. The second-order valence-electron chi connectivity index (χ2n) is 4.59. The average Bonchev–Trinajstić information content (AvgIpc) is 2.47. The zero-order valence-corrected chi connectivity index (χ0v) is 11.9. The highest BCUT2D eigenvalue weighted by Gasteiger charge is 2.08. The van der Waals surface area contributed by atoms with E-state index in [4.69, 9.17) is 4.74 Å². The summed E-state index contributed by atoms with van der Waals surface area (Å²) < 4.78 is 18.6. The van der Waals surface area contributed by atoms with Crippen LogP contribution in [0.4, 0.5) is 15.8 Å². The molecule has 0 atom stereocenters. The molecule has 21 heavy (non-hydrogen) atoms.